The molecule has 1 saturated carbocycles. The highest BCUT2D eigenvalue weighted by Gasteiger charge is 2.23. The van der Waals surface area contributed by atoms with E-state index < -0.39 is 0 Å². The largest absolute Gasteiger partial charge is 0.476 e. The van der Waals surface area contributed by atoms with Gasteiger partial charge in [0.1, 0.15) is 12.7 Å². The van der Waals surface area contributed by atoms with E-state index in [1.54, 1.807) is 0 Å². The van der Waals surface area contributed by atoms with Gasteiger partial charge in [-0.25, -0.2) is 4.99 Å². The van der Waals surface area contributed by atoms with Gasteiger partial charge in [-0.3, -0.25) is 0 Å². The first-order valence-corrected chi connectivity index (χ1v) is 14.1. The fourth-order valence-electron chi connectivity index (χ4n) is 4.30. The molecule has 2 fully saturated rings. The SMILES string of the molecule is C=C(CCCCCCCCCCCCCCCC)/N=C(\N=C(/CO)OC1CCC1)N1CCC1. The quantitative estimate of drug-likeness (QED) is 0.131. The van der Waals surface area contributed by atoms with Crippen molar-refractivity contribution < 1.29 is 9.84 Å². The van der Waals surface area contributed by atoms with Gasteiger partial charge in [0.2, 0.25) is 11.9 Å². The van der Waals surface area contributed by atoms with Crippen LogP contribution in [0.15, 0.2) is 22.3 Å². The molecular weight excluding hydrogens is 410 g/mol. The monoisotopic (exact) mass is 461 g/mol. The summed E-state index contributed by atoms with van der Waals surface area (Å²) < 4.78 is 5.82. The van der Waals surface area contributed by atoms with Crippen LogP contribution in [0.5, 0.6) is 0 Å². The minimum atomic E-state index is -0.172. The lowest BCUT2D eigenvalue weighted by molar-refractivity contribution is 0.0968. The predicted octanol–water partition coefficient (Wildman–Crippen LogP) is 7.39. The molecule has 1 saturated heterocycles. The molecule has 0 aromatic rings. The molecule has 0 amide bonds. The third kappa shape index (κ3) is 12.6. The van der Waals surface area contributed by atoms with E-state index in [0.29, 0.717) is 11.9 Å². The van der Waals surface area contributed by atoms with Gasteiger partial charge in [0.25, 0.3) is 0 Å². The second-order valence-electron chi connectivity index (χ2n) is 10.00. The minimum Gasteiger partial charge on any atom is -0.476 e. The Morgan fingerprint density at radius 2 is 1.36 bits per heavy atom. The Morgan fingerprint density at radius 3 is 1.79 bits per heavy atom. The number of rotatable bonds is 18. The number of hydrogen-bond acceptors (Lipinski definition) is 3. The molecule has 2 rings (SSSR count). The maximum Gasteiger partial charge on any atom is 0.228 e. The summed E-state index contributed by atoms with van der Waals surface area (Å²) in [4.78, 5) is 11.4. The standard InChI is InChI=1S/C28H51N3O2/c1-3-4-5-6-7-8-9-10-11-12-13-14-15-16-19-25(2)29-28(31-22-18-23-31)30-27(24-32)33-26-20-17-21-26/h26,32H,2-24H2,1H3/b29-28+,30-27+. The lowest BCUT2D eigenvalue weighted by Crippen LogP contribution is -2.42. The Hall–Kier alpha value is -1.36. The molecule has 2 aliphatic rings. The summed E-state index contributed by atoms with van der Waals surface area (Å²) in [6, 6.07) is 0. The molecule has 0 spiro atoms. The van der Waals surface area contributed by atoms with E-state index >= 15 is 0 Å². The first kappa shape index (κ1) is 27.9. The Kier molecular flexibility index (Phi) is 15.2. The van der Waals surface area contributed by atoms with Crippen molar-refractivity contribution in [1.82, 2.24) is 4.90 Å². The summed E-state index contributed by atoms with van der Waals surface area (Å²) in [5, 5.41) is 9.64. The molecular formula is C28H51N3O2. The Balaban J connectivity index is 1.53. The van der Waals surface area contributed by atoms with Crippen molar-refractivity contribution in [2.75, 3.05) is 19.7 Å². The van der Waals surface area contributed by atoms with E-state index in [0.717, 1.165) is 50.9 Å². The van der Waals surface area contributed by atoms with Crippen LogP contribution in [0.1, 0.15) is 129 Å². The number of aliphatic hydroxyl groups excluding tert-OH is 1. The lowest BCUT2D eigenvalue weighted by atomic mass is 9.96. The van der Waals surface area contributed by atoms with E-state index in [2.05, 4.69) is 23.4 Å². The van der Waals surface area contributed by atoms with Crippen molar-refractivity contribution in [1.29, 1.82) is 0 Å². The Bertz CT molecular complexity index is 580. The number of guanidine groups is 1. The molecule has 0 radical (unpaired) electrons. The fraction of sp³-hybridized carbons (Fsp3) is 0.857. The van der Waals surface area contributed by atoms with Crippen LogP contribution in [0.25, 0.3) is 0 Å². The van der Waals surface area contributed by atoms with E-state index in [-0.39, 0.29) is 12.7 Å². The van der Waals surface area contributed by atoms with Crippen LogP contribution in [-0.4, -0.2) is 47.7 Å². The van der Waals surface area contributed by atoms with Crippen LogP contribution in [0.4, 0.5) is 0 Å². The number of allylic oxidation sites excluding steroid dienone is 1. The summed E-state index contributed by atoms with van der Waals surface area (Å²) >= 11 is 0. The number of hydrogen-bond donors (Lipinski definition) is 1. The van der Waals surface area contributed by atoms with Crippen LogP contribution < -0.4 is 0 Å². The zero-order valence-electron chi connectivity index (χ0n) is 21.5. The maximum absolute atomic E-state index is 9.64. The molecule has 1 aliphatic carbocycles. The van der Waals surface area contributed by atoms with Gasteiger partial charge >= 0.3 is 0 Å². The molecule has 0 atom stereocenters. The number of nitrogens with zero attached hydrogens (tertiary/aromatic N) is 3. The van der Waals surface area contributed by atoms with Crippen molar-refractivity contribution in [3.8, 4) is 0 Å². The average Bonchev–Trinajstić information content (AvgIpc) is 2.74. The van der Waals surface area contributed by atoms with E-state index in [1.807, 2.05) is 0 Å². The second kappa shape index (κ2) is 18.0. The van der Waals surface area contributed by atoms with E-state index in [9.17, 15) is 5.11 Å². The average molecular weight is 462 g/mol. The number of aliphatic hydroxyl groups is 1. The molecule has 5 heteroatoms. The first-order valence-electron chi connectivity index (χ1n) is 14.1. The van der Waals surface area contributed by atoms with Crippen molar-refractivity contribution in [3.63, 3.8) is 0 Å². The molecule has 5 nitrogen and oxygen atoms in total. The van der Waals surface area contributed by atoms with Crippen molar-refractivity contribution in [2.45, 2.75) is 135 Å². The van der Waals surface area contributed by atoms with Crippen LogP contribution in [0.3, 0.4) is 0 Å². The molecule has 1 heterocycles. The minimum absolute atomic E-state index is 0.172. The zero-order valence-corrected chi connectivity index (χ0v) is 21.5. The van der Waals surface area contributed by atoms with Gasteiger partial charge in [0, 0.05) is 18.8 Å². The van der Waals surface area contributed by atoms with Crippen LogP contribution in [-0.2, 0) is 4.74 Å². The molecule has 1 N–H and O–H groups in total. The van der Waals surface area contributed by atoms with Gasteiger partial charge in [-0.05, 0) is 38.5 Å². The summed E-state index contributed by atoms with van der Waals surface area (Å²) in [5.41, 5.74) is 0.889. The van der Waals surface area contributed by atoms with Gasteiger partial charge in [-0.2, -0.15) is 4.99 Å². The molecule has 1 aliphatic heterocycles. The molecule has 0 bridgehead atoms. The highest BCUT2D eigenvalue weighted by molar-refractivity contribution is 5.94. The summed E-state index contributed by atoms with van der Waals surface area (Å²) in [6.07, 6.45) is 24.8. The van der Waals surface area contributed by atoms with Gasteiger partial charge in [-0.15, -0.1) is 0 Å². The fourth-order valence-corrected chi connectivity index (χ4v) is 4.30. The smallest absolute Gasteiger partial charge is 0.228 e. The van der Waals surface area contributed by atoms with Gasteiger partial charge in [0.15, 0.2) is 0 Å². The van der Waals surface area contributed by atoms with Gasteiger partial charge in [-0.1, -0.05) is 97.0 Å². The lowest BCUT2D eigenvalue weighted by Gasteiger charge is -2.32. The zero-order chi connectivity index (χ0) is 23.6. The molecule has 0 aromatic heterocycles. The Labute approximate surface area is 203 Å². The predicted molar refractivity (Wildman–Crippen MR) is 141 cm³/mol. The van der Waals surface area contributed by atoms with E-state index in [1.165, 1.54) is 89.9 Å². The van der Waals surface area contributed by atoms with Gasteiger partial charge < -0.3 is 14.7 Å². The molecule has 0 unspecified atom stereocenters. The first-order chi connectivity index (χ1) is 16.2. The maximum atomic E-state index is 9.64. The van der Waals surface area contributed by atoms with Crippen LogP contribution in [0, 0.1) is 0 Å². The molecule has 0 aromatic carbocycles. The topological polar surface area (TPSA) is 57.4 Å². The highest BCUT2D eigenvalue weighted by atomic mass is 16.5. The molecule has 33 heavy (non-hydrogen) atoms. The number of likely N-dealkylation sites (tertiary alicyclic amines) is 1. The number of unbranched alkanes of at least 4 members (excludes halogenated alkanes) is 13. The highest BCUT2D eigenvalue weighted by Crippen LogP contribution is 2.22. The van der Waals surface area contributed by atoms with Crippen molar-refractivity contribution in [2.24, 2.45) is 9.98 Å². The second-order valence-corrected chi connectivity index (χ2v) is 10.00. The van der Waals surface area contributed by atoms with Crippen molar-refractivity contribution >= 4 is 11.9 Å². The van der Waals surface area contributed by atoms with Crippen molar-refractivity contribution in [3.05, 3.63) is 12.3 Å². The third-order valence-corrected chi connectivity index (χ3v) is 6.93. The summed E-state index contributed by atoms with van der Waals surface area (Å²) in [7, 11) is 0. The number of aliphatic imine (C=N–C) groups is 2. The Morgan fingerprint density at radius 1 is 0.818 bits per heavy atom. The van der Waals surface area contributed by atoms with Crippen LogP contribution in [0.2, 0.25) is 0 Å². The summed E-state index contributed by atoms with van der Waals surface area (Å²) in [5.74, 6) is 1.06. The van der Waals surface area contributed by atoms with Gasteiger partial charge in [0.05, 0.1) is 0 Å². The summed E-state index contributed by atoms with van der Waals surface area (Å²) in [6.45, 7) is 8.22. The van der Waals surface area contributed by atoms with Crippen LogP contribution >= 0.6 is 0 Å². The molecule has 190 valence electrons. The van der Waals surface area contributed by atoms with E-state index in [4.69, 9.17) is 9.73 Å². The number of ether oxygens (including phenoxy) is 1. The normalized spacial score (nSPS) is 17.1. The third-order valence-electron chi connectivity index (χ3n) is 6.93.